The van der Waals surface area contributed by atoms with Crippen LogP contribution in [-0.2, 0) is 11.5 Å². The number of carbonyl (C=O) groups excluding carboxylic acids is 1. The minimum absolute atomic E-state index is 0.0787. The summed E-state index contributed by atoms with van der Waals surface area (Å²) in [5.74, 6) is 0.647. The number of hydrogen-bond donors (Lipinski definition) is 2. The van der Waals surface area contributed by atoms with Gasteiger partial charge in [0.2, 0.25) is 0 Å². The van der Waals surface area contributed by atoms with Crippen LogP contribution in [0.15, 0.2) is 53.3 Å². The Balaban J connectivity index is 1.23. The van der Waals surface area contributed by atoms with Gasteiger partial charge in [0, 0.05) is 44.9 Å². The summed E-state index contributed by atoms with van der Waals surface area (Å²) in [5, 5.41) is 13.2. The fraction of sp³-hybridized carbons (Fsp3) is 0.407. The molecule has 0 radical (unpaired) electrons. The van der Waals surface area contributed by atoms with Crippen LogP contribution < -0.4 is 20.5 Å². The van der Waals surface area contributed by atoms with Crippen LogP contribution in [-0.4, -0.2) is 73.1 Å². The number of aliphatic hydroxyl groups excluding tert-OH is 1. The highest BCUT2D eigenvalue weighted by Crippen LogP contribution is 2.32. The largest absolute Gasteiger partial charge is 0.494 e. The van der Waals surface area contributed by atoms with Gasteiger partial charge in [0.05, 0.1) is 34.5 Å². The number of amides is 1. The SMILES string of the molecule is O=C(NCCO)OCn1c(=O)ccc2ccc(OCCCCN3CCN(c4cccc(Cl)c4Cl)CC3)cc21. The van der Waals surface area contributed by atoms with Crippen molar-refractivity contribution in [3.8, 4) is 5.75 Å². The number of benzene rings is 2. The first kappa shape index (κ1) is 28.0. The lowest BCUT2D eigenvalue weighted by atomic mass is 10.2. The van der Waals surface area contributed by atoms with E-state index < -0.39 is 6.09 Å². The highest BCUT2D eigenvalue weighted by Gasteiger charge is 2.19. The van der Waals surface area contributed by atoms with Crippen molar-refractivity contribution in [2.24, 2.45) is 0 Å². The van der Waals surface area contributed by atoms with E-state index in [9.17, 15) is 9.59 Å². The first-order chi connectivity index (χ1) is 18.5. The fourth-order valence-corrected chi connectivity index (χ4v) is 4.81. The summed E-state index contributed by atoms with van der Waals surface area (Å²) in [6, 6.07) is 14.4. The van der Waals surface area contributed by atoms with Crippen molar-refractivity contribution in [2.45, 2.75) is 19.6 Å². The smallest absolute Gasteiger partial charge is 0.408 e. The molecule has 204 valence electrons. The molecule has 4 rings (SSSR count). The average Bonchev–Trinajstić information content (AvgIpc) is 2.93. The van der Waals surface area contributed by atoms with Gasteiger partial charge >= 0.3 is 6.09 Å². The molecule has 11 heteroatoms. The van der Waals surface area contributed by atoms with Crippen LogP contribution >= 0.6 is 23.2 Å². The number of piperazine rings is 1. The lowest BCUT2D eigenvalue weighted by Gasteiger charge is -2.36. The Labute approximate surface area is 231 Å². The summed E-state index contributed by atoms with van der Waals surface area (Å²) >= 11 is 12.5. The quantitative estimate of drug-likeness (QED) is 0.341. The second kappa shape index (κ2) is 13.7. The van der Waals surface area contributed by atoms with Gasteiger partial charge in [0.15, 0.2) is 6.73 Å². The van der Waals surface area contributed by atoms with E-state index in [-0.39, 0.29) is 25.4 Å². The minimum atomic E-state index is -0.704. The lowest BCUT2D eigenvalue weighted by molar-refractivity contribution is 0.112. The minimum Gasteiger partial charge on any atom is -0.494 e. The van der Waals surface area contributed by atoms with Crippen LogP contribution in [0.3, 0.4) is 0 Å². The average molecular weight is 563 g/mol. The molecule has 38 heavy (non-hydrogen) atoms. The maximum atomic E-state index is 12.4. The zero-order valence-corrected chi connectivity index (χ0v) is 22.6. The van der Waals surface area contributed by atoms with Crippen LogP contribution in [0.1, 0.15) is 12.8 Å². The van der Waals surface area contributed by atoms with Crippen molar-refractivity contribution >= 4 is 45.9 Å². The lowest BCUT2D eigenvalue weighted by Crippen LogP contribution is -2.46. The predicted molar refractivity (Wildman–Crippen MR) is 150 cm³/mol. The van der Waals surface area contributed by atoms with Crippen LogP contribution in [0, 0.1) is 0 Å². The topological polar surface area (TPSA) is 96.3 Å². The number of unbranched alkanes of at least 4 members (excludes halogenated alkanes) is 1. The molecule has 3 aromatic rings. The molecule has 1 fully saturated rings. The van der Waals surface area contributed by atoms with E-state index >= 15 is 0 Å². The third-order valence-electron chi connectivity index (χ3n) is 6.45. The number of aromatic nitrogens is 1. The molecule has 0 aliphatic carbocycles. The number of nitrogens with one attached hydrogen (secondary N) is 1. The highest BCUT2D eigenvalue weighted by atomic mass is 35.5. The number of hydrogen-bond acceptors (Lipinski definition) is 7. The number of alkyl carbamates (subject to hydrolysis) is 1. The molecule has 1 aliphatic heterocycles. The van der Waals surface area contributed by atoms with Crippen molar-refractivity contribution in [1.29, 1.82) is 0 Å². The molecule has 9 nitrogen and oxygen atoms in total. The monoisotopic (exact) mass is 562 g/mol. The summed E-state index contributed by atoms with van der Waals surface area (Å²) in [5.41, 5.74) is 1.31. The van der Waals surface area contributed by atoms with Gasteiger partial charge in [-0.25, -0.2) is 4.79 Å². The Morgan fingerprint density at radius 3 is 2.61 bits per heavy atom. The first-order valence-electron chi connectivity index (χ1n) is 12.7. The van der Waals surface area contributed by atoms with E-state index in [1.165, 1.54) is 10.6 Å². The molecule has 2 N–H and O–H groups in total. The Morgan fingerprint density at radius 1 is 1.03 bits per heavy atom. The summed E-state index contributed by atoms with van der Waals surface area (Å²) in [6.07, 6.45) is 1.20. The Kier molecular flexibility index (Phi) is 10.1. The number of fused-ring (bicyclic) bond motifs is 1. The van der Waals surface area contributed by atoms with Gasteiger partial charge < -0.3 is 24.8 Å². The molecule has 1 saturated heterocycles. The molecule has 2 heterocycles. The molecular formula is C27H32Cl2N4O5. The normalized spacial score (nSPS) is 14.0. The maximum absolute atomic E-state index is 12.4. The standard InChI is InChI=1S/C27H32Cl2N4O5/c28-22-4-3-5-23(26(22)29)32-14-12-31(13-15-32)11-1-2-17-37-21-8-6-20-7-9-25(35)33(24(20)18-21)19-38-27(36)30-10-16-34/h3-9,18,34H,1-2,10-17,19H2,(H,30,36). The maximum Gasteiger partial charge on any atom is 0.408 e. The molecule has 0 unspecified atom stereocenters. The van der Waals surface area contributed by atoms with Gasteiger partial charge in [-0.15, -0.1) is 0 Å². The Bertz CT molecular complexity index is 1290. The predicted octanol–water partition coefficient (Wildman–Crippen LogP) is 3.97. The number of carbonyl (C=O) groups is 1. The van der Waals surface area contributed by atoms with Gasteiger partial charge in [-0.05, 0) is 55.1 Å². The highest BCUT2D eigenvalue weighted by molar-refractivity contribution is 6.43. The van der Waals surface area contributed by atoms with Gasteiger partial charge in [0.25, 0.3) is 5.56 Å². The Hall–Kier alpha value is -2.98. The van der Waals surface area contributed by atoms with Crippen molar-refractivity contribution in [3.05, 3.63) is 68.9 Å². The summed E-state index contributed by atoms with van der Waals surface area (Å²) in [6.45, 7) is 4.93. The van der Waals surface area contributed by atoms with Crippen LogP contribution in [0.5, 0.6) is 5.75 Å². The van der Waals surface area contributed by atoms with Crippen molar-refractivity contribution < 1.29 is 19.4 Å². The van der Waals surface area contributed by atoms with Gasteiger partial charge in [0.1, 0.15) is 5.75 Å². The van der Waals surface area contributed by atoms with Crippen LogP contribution in [0.4, 0.5) is 10.5 Å². The number of rotatable bonds is 11. The number of anilines is 1. The summed E-state index contributed by atoms with van der Waals surface area (Å²) in [4.78, 5) is 28.8. The summed E-state index contributed by atoms with van der Waals surface area (Å²) in [7, 11) is 0. The van der Waals surface area contributed by atoms with Gasteiger partial charge in [-0.2, -0.15) is 0 Å². The van der Waals surface area contributed by atoms with Gasteiger partial charge in [-0.1, -0.05) is 29.3 Å². The van der Waals surface area contributed by atoms with E-state index in [1.807, 2.05) is 24.3 Å². The third kappa shape index (κ3) is 7.32. The zero-order chi connectivity index (χ0) is 26.9. The number of aliphatic hydroxyl groups is 1. The molecule has 1 aliphatic rings. The summed E-state index contributed by atoms with van der Waals surface area (Å²) < 4.78 is 12.4. The molecule has 1 amide bonds. The number of ether oxygens (including phenoxy) is 2. The van der Waals surface area contributed by atoms with Crippen LogP contribution in [0.25, 0.3) is 10.9 Å². The van der Waals surface area contributed by atoms with Crippen molar-refractivity contribution in [3.63, 3.8) is 0 Å². The van der Waals surface area contributed by atoms with Crippen LogP contribution in [0.2, 0.25) is 10.0 Å². The van der Waals surface area contributed by atoms with Crippen molar-refractivity contribution in [1.82, 2.24) is 14.8 Å². The van der Waals surface area contributed by atoms with E-state index in [2.05, 4.69) is 15.1 Å². The second-order valence-electron chi connectivity index (χ2n) is 8.99. The first-order valence-corrected chi connectivity index (χ1v) is 13.4. The van der Waals surface area contributed by atoms with E-state index in [0.29, 0.717) is 27.9 Å². The number of halogens is 2. The molecule has 0 spiro atoms. The van der Waals surface area contributed by atoms with Gasteiger partial charge in [-0.3, -0.25) is 14.3 Å². The molecule has 0 atom stereocenters. The van der Waals surface area contributed by atoms with Crippen molar-refractivity contribution in [2.75, 3.05) is 57.4 Å². The van der Waals surface area contributed by atoms with E-state index in [0.717, 1.165) is 56.6 Å². The molecule has 1 aromatic heterocycles. The molecule has 0 saturated carbocycles. The third-order valence-corrected chi connectivity index (χ3v) is 7.26. The molecule has 2 aromatic carbocycles. The molecular weight excluding hydrogens is 531 g/mol. The fourth-order valence-electron chi connectivity index (χ4n) is 4.40. The number of pyridine rings is 1. The number of nitrogens with zero attached hydrogens (tertiary/aromatic N) is 3. The molecule has 0 bridgehead atoms. The second-order valence-corrected chi connectivity index (χ2v) is 9.77. The zero-order valence-electron chi connectivity index (χ0n) is 21.1. The van der Waals surface area contributed by atoms with E-state index in [1.54, 1.807) is 18.2 Å². The van der Waals surface area contributed by atoms with E-state index in [4.69, 9.17) is 37.8 Å². The Morgan fingerprint density at radius 2 is 1.82 bits per heavy atom.